The SMILES string of the molecule is C=CC1CCC2CC(c3ccc(C#Cc4ccc(F)cc4)c(F)c3)CCC2C1. The third-order valence-corrected chi connectivity index (χ3v) is 6.64. The summed E-state index contributed by atoms with van der Waals surface area (Å²) in [4.78, 5) is 0. The number of hydrogen-bond donors (Lipinski definition) is 0. The first-order chi connectivity index (χ1) is 13.6. The second-order valence-electron chi connectivity index (χ2n) is 8.34. The predicted octanol–water partition coefficient (Wildman–Crippen LogP) is 6.85. The molecule has 2 heteroatoms. The summed E-state index contributed by atoms with van der Waals surface area (Å²) in [5.41, 5.74) is 2.18. The van der Waals surface area contributed by atoms with Crippen LogP contribution in [0.3, 0.4) is 0 Å². The van der Waals surface area contributed by atoms with Crippen molar-refractivity contribution in [2.45, 2.75) is 44.4 Å². The van der Waals surface area contributed by atoms with Crippen molar-refractivity contribution in [3.63, 3.8) is 0 Å². The fraction of sp³-hybridized carbons (Fsp3) is 0.385. The van der Waals surface area contributed by atoms with Crippen LogP contribution in [-0.2, 0) is 0 Å². The molecular weight excluding hydrogens is 350 g/mol. The van der Waals surface area contributed by atoms with E-state index >= 15 is 0 Å². The highest BCUT2D eigenvalue weighted by Gasteiger charge is 2.35. The quantitative estimate of drug-likeness (QED) is 0.397. The predicted molar refractivity (Wildman–Crippen MR) is 110 cm³/mol. The van der Waals surface area contributed by atoms with Gasteiger partial charge in [0.25, 0.3) is 0 Å². The highest BCUT2D eigenvalue weighted by atomic mass is 19.1. The number of hydrogen-bond acceptors (Lipinski definition) is 0. The number of rotatable bonds is 2. The van der Waals surface area contributed by atoms with E-state index in [1.165, 1.54) is 44.2 Å². The van der Waals surface area contributed by atoms with Crippen LogP contribution in [0.1, 0.15) is 61.1 Å². The third-order valence-electron chi connectivity index (χ3n) is 6.64. The molecule has 2 aromatic rings. The Balaban J connectivity index is 1.45. The zero-order chi connectivity index (χ0) is 19.5. The lowest BCUT2D eigenvalue weighted by Crippen LogP contribution is -2.30. The van der Waals surface area contributed by atoms with Crippen LogP contribution in [0.5, 0.6) is 0 Å². The maximum absolute atomic E-state index is 14.6. The second kappa shape index (κ2) is 8.31. The van der Waals surface area contributed by atoms with Crippen molar-refractivity contribution < 1.29 is 8.78 Å². The molecule has 0 aromatic heterocycles. The van der Waals surface area contributed by atoms with Gasteiger partial charge in [0.2, 0.25) is 0 Å². The average molecular weight is 376 g/mol. The van der Waals surface area contributed by atoms with E-state index in [-0.39, 0.29) is 11.6 Å². The topological polar surface area (TPSA) is 0 Å². The van der Waals surface area contributed by atoms with Crippen LogP contribution in [0, 0.1) is 41.2 Å². The normalized spacial score (nSPS) is 26.6. The minimum atomic E-state index is -0.297. The Morgan fingerprint density at radius 2 is 1.61 bits per heavy atom. The maximum Gasteiger partial charge on any atom is 0.139 e. The monoisotopic (exact) mass is 376 g/mol. The molecule has 2 aliphatic carbocycles. The summed E-state index contributed by atoms with van der Waals surface area (Å²) < 4.78 is 27.6. The van der Waals surface area contributed by atoms with E-state index in [2.05, 4.69) is 24.5 Å². The van der Waals surface area contributed by atoms with Crippen LogP contribution >= 0.6 is 0 Å². The third kappa shape index (κ3) is 4.20. The molecule has 2 aliphatic rings. The Hall–Kier alpha value is -2.40. The molecule has 4 atom stereocenters. The molecule has 0 heterocycles. The average Bonchev–Trinajstić information content (AvgIpc) is 2.73. The lowest BCUT2D eigenvalue weighted by molar-refractivity contribution is 0.133. The Morgan fingerprint density at radius 3 is 2.36 bits per heavy atom. The Kier molecular flexibility index (Phi) is 5.62. The first-order valence-electron chi connectivity index (χ1n) is 10.3. The van der Waals surface area contributed by atoms with Crippen molar-refractivity contribution in [2.75, 3.05) is 0 Å². The van der Waals surface area contributed by atoms with E-state index in [1.807, 2.05) is 6.07 Å². The zero-order valence-electron chi connectivity index (χ0n) is 16.1. The van der Waals surface area contributed by atoms with Crippen molar-refractivity contribution in [2.24, 2.45) is 17.8 Å². The van der Waals surface area contributed by atoms with E-state index < -0.39 is 0 Å². The molecule has 28 heavy (non-hydrogen) atoms. The maximum atomic E-state index is 14.6. The molecule has 0 N–H and O–H groups in total. The molecule has 144 valence electrons. The lowest BCUT2D eigenvalue weighted by atomic mass is 9.64. The summed E-state index contributed by atoms with van der Waals surface area (Å²) >= 11 is 0. The van der Waals surface area contributed by atoms with Crippen molar-refractivity contribution in [3.8, 4) is 11.8 Å². The number of benzene rings is 2. The Morgan fingerprint density at radius 1 is 0.857 bits per heavy atom. The molecule has 2 saturated carbocycles. The van der Waals surface area contributed by atoms with E-state index in [0.29, 0.717) is 23.0 Å². The lowest BCUT2D eigenvalue weighted by Gasteiger charge is -2.41. The largest absolute Gasteiger partial charge is 0.207 e. The fourth-order valence-corrected chi connectivity index (χ4v) is 5.00. The molecule has 0 spiro atoms. The van der Waals surface area contributed by atoms with Gasteiger partial charge in [0.1, 0.15) is 11.6 Å². The standard InChI is InChI=1S/C26H26F2/c1-2-18-3-8-22-16-23(12-11-21(22)15-18)24-10-9-20(26(28)17-24)7-4-19-5-13-25(27)14-6-19/h2,5-6,9-10,13-14,17-18,21-23H,1,3,8,11-12,15-16H2. The summed E-state index contributed by atoms with van der Waals surface area (Å²) in [6, 6.07) is 11.4. The van der Waals surface area contributed by atoms with Crippen LogP contribution in [0.2, 0.25) is 0 Å². The van der Waals surface area contributed by atoms with Gasteiger partial charge in [-0.3, -0.25) is 0 Å². The van der Waals surface area contributed by atoms with Gasteiger partial charge in [-0.2, -0.15) is 0 Å². The number of fused-ring (bicyclic) bond motifs is 1. The zero-order valence-corrected chi connectivity index (χ0v) is 16.1. The molecule has 0 bridgehead atoms. The van der Waals surface area contributed by atoms with Gasteiger partial charge in [-0.05, 0) is 104 Å². The van der Waals surface area contributed by atoms with E-state index in [1.54, 1.807) is 24.3 Å². The van der Waals surface area contributed by atoms with Crippen LogP contribution < -0.4 is 0 Å². The van der Waals surface area contributed by atoms with Gasteiger partial charge in [-0.1, -0.05) is 24.0 Å². The van der Waals surface area contributed by atoms with Gasteiger partial charge in [0.15, 0.2) is 0 Å². The van der Waals surface area contributed by atoms with Gasteiger partial charge in [-0.15, -0.1) is 6.58 Å². The summed E-state index contributed by atoms with van der Waals surface area (Å²) in [6.07, 6.45) is 9.51. The Labute approximate surface area is 166 Å². The van der Waals surface area contributed by atoms with Gasteiger partial charge < -0.3 is 0 Å². The first kappa shape index (κ1) is 18.9. The summed E-state index contributed by atoms with van der Waals surface area (Å²) in [5, 5.41) is 0. The molecule has 0 amide bonds. The van der Waals surface area contributed by atoms with Crippen molar-refractivity contribution >= 4 is 0 Å². The van der Waals surface area contributed by atoms with Gasteiger partial charge in [0, 0.05) is 5.56 Å². The van der Waals surface area contributed by atoms with Crippen molar-refractivity contribution in [1.82, 2.24) is 0 Å². The van der Waals surface area contributed by atoms with Gasteiger partial charge in [-0.25, -0.2) is 8.78 Å². The van der Waals surface area contributed by atoms with Crippen molar-refractivity contribution in [1.29, 1.82) is 0 Å². The Bertz CT molecular complexity index is 900. The highest BCUT2D eigenvalue weighted by Crippen LogP contribution is 2.47. The van der Waals surface area contributed by atoms with E-state index in [9.17, 15) is 8.78 Å². The molecule has 0 saturated heterocycles. The molecule has 4 rings (SSSR count). The summed E-state index contributed by atoms with van der Waals surface area (Å²) in [6.45, 7) is 3.97. The molecule has 0 radical (unpaired) electrons. The first-order valence-corrected chi connectivity index (χ1v) is 10.3. The van der Waals surface area contributed by atoms with Crippen LogP contribution in [-0.4, -0.2) is 0 Å². The molecule has 0 aliphatic heterocycles. The smallest absolute Gasteiger partial charge is 0.139 e. The molecule has 2 fully saturated rings. The summed E-state index contributed by atoms with van der Waals surface area (Å²) in [7, 11) is 0. The molecular formula is C26H26F2. The molecule has 0 nitrogen and oxygen atoms in total. The summed E-state index contributed by atoms with van der Waals surface area (Å²) in [5.74, 6) is 7.97. The fourth-order valence-electron chi connectivity index (χ4n) is 5.00. The van der Waals surface area contributed by atoms with Crippen LogP contribution in [0.4, 0.5) is 8.78 Å². The number of allylic oxidation sites excluding steroid dienone is 1. The number of halogens is 2. The second-order valence-corrected chi connectivity index (χ2v) is 8.34. The molecule has 4 unspecified atom stereocenters. The van der Waals surface area contributed by atoms with E-state index in [4.69, 9.17) is 0 Å². The van der Waals surface area contributed by atoms with Gasteiger partial charge >= 0.3 is 0 Å². The highest BCUT2D eigenvalue weighted by molar-refractivity contribution is 5.44. The van der Waals surface area contributed by atoms with Crippen LogP contribution in [0.15, 0.2) is 55.1 Å². The van der Waals surface area contributed by atoms with Crippen LogP contribution in [0.25, 0.3) is 0 Å². The minimum absolute atomic E-state index is 0.260. The van der Waals surface area contributed by atoms with Gasteiger partial charge in [0.05, 0.1) is 5.56 Å². The minimum Gasteiger partial charge on any atom is -0.207 e. The van der Waals surface area contributed by atoms with E-state index in [0.717, 1.165) is 23.8 Å². The molecule has 2 aromatic carbocycles. The van der Waals surface area contributed by atoms with Crippen molar-refractivity contribution in [3.05, 3.63) is 83.4 Å².